The Morgan fingerprint density at radius 2 is 2.36 bits per heavy atom. The number of hydrogen-bond donors (Lipinski definition) is 1. The van der Waals surface area contributed by atoms with Crippen LogP contribution in [-0.2, 0) is 0 Å². The number of aryl methyl sites for hydroxylation is 1. The van der Waals surface area contributed by atoms with Crippen LogP contribution in [0.1, 0.15) is 36.2 Å². The molecule has 1 aromatic heterocycles. The predicted molar refractivity (Wildman–Crippen MR) is 63.2 cm³/mol. The highest BCUT2D eigenvalue weighted by atomic mass is 35.5. The summed E-state index contributed by atoms with van der Waals surface area (Å²) in [6.45, 7) is 5.28. The molecule has 0 radical (unpaired) electrons. The summed E-state index contributed by atoms with van der Waals surface area (Å²) in [6, 6.07) is 2.79. The van der Waals surface area contributed by atoms with E-state index >= 15 is 0 Å². The van der Waals surface area contributed by atoms with Crippen molar-refractivity contribution in [2.24, 2.45) is 5.92 Å². The first-order valence-corrected chi connectivity index (χ1v) is 6.41. The van der Waals surface area contributed by atoms with Crippen molar-refractivity contribution >= 4 is 22.9 Å². The lowest BCUT2D eigenvalue weighted by Crippen LogP contribution is -2.21. The highest BCUT2D eigenvalue weighted by Gasteiger charge is 2.32. The van der Waals surface area contributed by atoms with Crippen molar-refractivity contribution in [3.8, 4) is 0 Å². The molecule has 1 fully saturated rings. The highest BCUT2D eigenvalue weighted by molar-refractivity contribution is 7.16. The quantitative estimate of drug-likeness (QED) is 0.829. The number of rotatable bonds is 4. The van der Waals surface area contributed by atoms with Crippen LogP contribution < -0.4 is 5.32 Å². The molecule has 0 saturated heterocycles. The van der Waals surface area contributed by atoms with Crippen LogP contribution >= 0.6 is 22.9 Å². The van der Waals surface area contributed by atoms with Crippen LogP contribution in [0.15, 0.2) is 6.07 Å². The normalized spacial score (nSPS) is 18.5. The van der Waals surface area contributed by atoms with Gasteiger partial charge < -0.3 is 5.32 Å². The molecule has 1 aliphatic carbocycles. The van der Waals surface area contributed by atoms with E-state index in [1.807, 2.05) is 0 Å². The molecule has 0 amide bonds. The van der Waals surface area contributed by atoms with Gasteiger partial charge in [-0.2, -0.15) is 0 Å². The Morgan fingerprint density at radius 1 is 1.64 bits per heavy atom. The second kappa shape index (κ2) is 4.21. The molecule has 1 heterocycles. The lowest BCUT2D eigenvalue weighted by atomic mass is 10.1. The van der Waals surface area contributed by atoms with E-state index in [0.29, 0.717) is 6.04 Å². The smallest absolute Gasteiger partial charge is 0.0960 e. The molecule has 78 valence electrons. The summed E-state index contributed by atoms with van der Waals surface area (Å²) in [5.74, 6) is 0.851. The summed E-state index contributed by atoms with van der Waals surface area (Å²) in [7, 11) is 0. The van der Waals surface area contributed by atoms with Gasteiger partial charge in [0.25, 0.3) is 0 Å². The Bertz CT molecular complexity index is 298. The highest BCUT2D eigenvalue weighted by Crippen LogP contribution is 2.44. The first-order valence-electron chi connectivity index (χ1n) is 5.21. The van der Waals surface area contributed by atoms with E-state index in [9.17, 15) is 0 Å². The molecular formula is C11H16ClNS. The first kappa shape index (κ1) is 10.5. The van der Waals surface area contributed by atoms with Gasteiger partial charge in [0.05, 0.1) is 4.34 Å². The van der Waals surface area contributed by atoms with Gasteiger partial charge in [0.15, 0.2) is 0 Å². The van der Waals surface area contributed by atoms with Crippen molar-refractivity contribution in [1.29, 1.82) is 0 Å². The van der Waals surface area contributed by atoms with Crippen molar-refractivity contribution < 1.29 is 0 Å². The zero-order chi connectivity index (χ0) is 10.1. The van der Waals surface area contributed by atoms with E-state index < -0.39 is 0 Å². The molecule has 2 rings (SSSR count). The topological polar surface area (TPSA) is 12.0 Å². The fraction of sp³-hybridized carbons (Fsp3) is 0.636. The molecule has 1 saturated carbocycles. The van der Waals surface area contributed by atoms with Gasteiger partial charge in [-0.3, -0.25) is 0 Å². The molecule has 1 nitrogen and oxygen atoms in total. The standard InChI is InChI=1S/C11H16ClNS/c1-3-13-10(8-4-5-8)9-6-7(2)11(12)14-9/h6,8,10,13H,3-5H2,1-2H3. The van der Waals surface area contributed by atoms with Crippen molar-refractivity contribution in [1.82, 2.24) is 5.32 Å². The maximum absolute atomic E-state index is 6.09. The van der Waals surface area contributed by atoms with Gasteiger partial charge in [-0.1, -0.05) is 18.5 Å². The second-order valence-electron chi connectivity index (χ2n) is 3.98. The maximum Gasteiger partial charge on any atom is 0.0960 e. The van der Waals surface area contributed by atoms with E-state index in [1.54, 1.807) is 11.3 Å². The molecule has 14 heavy (non-hydrogen) atoms. The first-order chi connectivity index (χ1) is 6.72. The molecule has 3 heteroatoms. The number of halogens is 1. The third kappa shape index (κ3) is 2.13. The Kier molecular flexibility index (Phi) is 3.15. The Labute approximate surface area is 94.5 Å². The average Bonchev–Trinajstić information content (AvgIpc) is 2.91. The van der Waals surface area contributed by atoms with Crippen molar-refractivity contribution in [2.45, 2.75) is 32.7 Å². The summed E-state index contributed by atoms with van der Waals surface area (Å²) < 4.78 is 0.948. The lowest BCUT2D eigenvalue weighted by Gasteiger charge is -2.14. The van der Waals surface area contributed by atoms with Crippen LogP contribution in [0.5, 0.6) is 0 Å². The monoisotopic (exact) mass is 229 g/mol. The van der Waals surface area contributed by atoms with E-state index in [0.717, 1.165) is 16.8 Å². The molecule has 0 aromatic carbocycles. The van der Waals surface area contributed by atoms with Crippen LogP contribution in [0.25, 0.3) is 0 Å². The molecule has 1 unspecified atom stereocenters. The van der Waals surface area contributed by atoms with Gasteiger partial charge in [-0.05, 0) is 43.9 Å². The van der Waals surface area contributed by atoms with Crippen molar-refractivity contribution in [3.05, 3.63) is 20.8 Å². The molecule has 1 atom stereocenters. The Morgan fingerprint density at radius 3 is 2.79 bits per heavy atom. The third-order valence-corrected chi connectivity index (χ3v) is 4.34. The fourth-order valence-electron chi connectivity index (χ4n) is 1.79. The summed E-state index contributed by atoms with van der Waals surface area (Å²) in [6.07, 6.45) is 2.73. The molecule has 0 spiro atoms. The SMILES string of the molecule is CCNC(c1cc(C)c(Cl)s1)C1CC1. The molecular weight excluding hydrogens is 214 g/mol. The van der Waals surface area contributed by atoms with Crippen LogP contribution in [0.3, 0.4) is 0 Å². The van der Waals surface area contributed by atoms with Crippen molar-refractivity contribution in [3.63, 3.8) is 0 Å². The second-order valence-corrected chi connectivity index (χ2v) is 5.66. The fourth-order valence-corrected chi connectivity index (χ4v) is 3.17. The maximum atomic E-state index is 6.09. The molecule has 1 aromatic rings. The minimum absolute atomic E-state index is 0.552. The van der Waals surface area contributed by atoms with E-state index in [4.69, 9.17) is 11.6 Å². The van der Waals surface area contributed by atoms with E-state index in [1.165, 1.54) is 23.3 Å². The van der Waals surface area contributed by atoms with Crippen LogP contribution in [0.4, 0.5) is 0 Å². The lowest BCUT2D eigenvalue weighted by molar-refractivity contribution is 0.503. The van der Waals surface area contributed by atoms with E-state index in [-0.39, 0.29) is 0 Å². The van der Waals surface area contributed by atoms with Crippen LogP contribution in [-0.4, -0.2) is 6.54 Å². The van der Waals surface area contributed by atoms with E-state index in [2.05, 4.69) is 25.2 Å². The Balaban J connectivity index is 2.16. The predicted octanol–water partition coefficient (Wildman–Crippen LogP) is 3.77. The van der Waals surface area contributed by atoms with Crippen LogP contribution in [0.2, 0.25) is 4.34 Å². The van der Waals surface area contributed by atoms with Gasteiger partial charge in [0, 0.05) is 10.9 Å². The average molecular weight is 230 g/mol. The van der Waals surface area contributed by atoms with Gasteiger partial charge in [-0.15, -0.1) is 11.3 Å². The minimum Gasteiger partial charge on any atom is -0.309 e. The summed E-state index contributed by atoms with van der Waals surface area (Å²) in [5.41, 5.74) is 1.22. The van der Waals surface area contributed by atoms with Gasteiger partial charge in [-0.25, -0.2) is 0 Å². The van der Waals surface area contributed by atoms with Gasteiger partial charge in [0.2, 0.25) is 0 Å². The van der Waals surface area contributed by atoms with Gasteiger partial charge in [0.1, 0.15) is 0 Å². The largest absolute Gasteiger partial charge is 0.309 e. The van der Waals surface area contributed by atoms with Gasteiger partial charge >= 0.3 is 0 Å². The number of hydrogen-bond acceptors (Lipinski definition) is 2. The Hall–Kier alpha value is -0.0500. The molecule has 1 N–H and O–H groups in total. The third-order valence-electron chi connectivity index (χ3n) is 2.70. The molecule has 0 aliphatic heterocycles. The van der Waals surface area contributed by atoms with Crippen LogP contribution in [0, 0.1) is 12.8 Å². The number of nitrogens with one attached hydrogen (secondary N) is 1. The zero-order valence-electron chi connectivity index (χ0n) is 8.64. The zero-order valence-corrected chi connectivity index (χ0v) is 10.2. The summed E-state index contributed by atoms with van der Waals surface area (Å²) >= 11 is 7.82. The molecule has 0 bridgehead atoms. The minimum atomic E-state index is 0.552. The molecule has 1 aliphatic rings. The summed E-state index contributed by atoms with van der Waals surface area (Å²) in [5, 5.41) is 3.55. The van der Waals surface area contributed by atoms with Crippen molar-refractivity contribution in [2.75, 3.05) is 6.54 Å². The number of thiophene rings is 1. The summed E-state index contributed by atoms with van der Waals surface area (Å²) in [4.78, 5) is 1.41.